The Morgan fingerprint density at radius 2 is 1.95 bits per heavy atom. The van der Waals surface area contributed by atoms with Gasteiger partial charge in [-0.3, -0.25) is 4.79 Å². The molecule has 0 saturated carbocycles. The van der Waals surface area contributed by atoms with E-state index in [1.54, 1.807) is 7.11 Å². The lowest BCUT2D eigenvalue weighted by molar-refractivity contribution is -0.116. The van der Waals surface area contributed by atoms with E-state index in [9.17, 15) is 4.79 Å². The molecule has 0 heterocycles. The van der Waals surface area contributed by atoms with E-state index in [1.807, 2.05) is 24.3 Å². The summed E-state index contributed by atoms with van der Waals surface area (Å²) in [4.78, 5) is 11.9. The summed E-state index contributed by atoms with van der Waals surface area (Å²) in [7, 11) is 1.64. The monoisotopic (exact) mass is 264 g/mol. The number of para-hydroxylation sites is 1. The van der Waals surface area contributed by atoms with Crippen LogP contribution in [0.5, 0.6) is 0 Å². The quantitative estimate of drug-likeness (QED) is 0.830. The molecular weight excluding hydrogens is 240 g/mol. The second-order valence-corrected chi connectivity index (χ2v) is 5.57. The average molecular weight is 264 g/mol. The summed E-state index contributed by atoms with van der Waals surface area (Å²) in [5.74, 6) is 0.0142. The van der Waals surface area contributed by atoms with Crippen LogP contribution in [0.3, 0.4) is 0 Å². The van der Waals surface area contributed by atoms with Gasteiger partial charge in [0.2, 0.25) is 5.91 Å². The highest BCUT2D eigenvalue weighted by atomic mass is 16.5. The first-order valence-electron chi connectivity index (χ1n) is 6.54. The van der Waals surface area contributed by atoms with E-state index in [-0.39, 0.29) is 11.4 Å². The summed E-state index contributed by atoms with van der Waals surface area (Å²) < 4.78 is 5.11. The lowest BCUT2D eigenvalue weighted by Gasteiger charge is -2.20. The number of carbonyl (C=O) groups excluding carboxylic acids is 1. The van der Waals surface area contributed by atoms with Crippen molar-refractivity contribution >= 4 is 11.6 Å². The van der Waals surface area contributed by atoms with Crippen molar-refractivity contribution in [2.45, 2.75) is 39.3 Å². The van der Waals surface area contributed by atoms with Crippen LogP contribution in [0, 0.1) is 0 Å². The van der Waals surface area contributed by atoms with Gasteiger partial charge in [-0.05, 0) is 26.8 Å². The van der Waals surface area contributed by atoms with Crippen molar-refractivity contribution in [2.24, 2.45) is 0 Å². The van der Waals surface area contributed by atoms with Gasteiger partial charge in [-0.25, -0.2) is 0 Å². The second-order valence-electron chi connectivity index (χ2n) is 5.57. The molecule has 1 aromatic rings. The van der Waals surface area contributed by atoms with E-state index >= 15 is 0 Å². The Balaban J connectivity index is 2.48. The van der Waals surface area contributed by atoms with Crippen molar-refractivity contribution in [1.29, 1.82) is 0 Å². The maximum atomic E-state index is 11.9. The van der Waals surface area contributed by atoms with E-state index in [2.05, 4.69) is 31.4 Å². The van der Waals surface area contributed by atoms with Gasteiger partial charge in [0, 0.05) is 36.9 Å². The number of methoxy groups -OCH3 is 1. The van der Waals surface area contributed by atoms with Crippen LogP contribution in [0.2, 0.25) is 0 Å². The van der Waals surface area contributed by atoms with Crippen LogP contribution >= 0.6 is 0 Å². The molecule has 0 radical (unpaired) electrons. The van der Waals surface area contributed by atoms with Crippen molar-refractivity contribution in [3.63, 3.8) is 0 Å². The van der Waals surface area contributed by atoms with Crippen LogP contribution in [0.4, 0.5) is 5.69 Å². The third-order valence-corrected chi connectivity index (χ3v) is 2.60. The van der Waals surface area contributed by atoms with E-state index in [1.165, 1.54) is 0 Å². The molecule has 0 aliphatic carbocycles. The smallest absolute Gasteiger partial charge is 0.225 e. The first kappa shape index (κ1) is 15.7. The Labute approximate surface area is 115 Å². The van der Waals surface area contributed by atoms with Crippen LogP contribution in [-0.2, 0) is 16.1 Å². The van der Waals surface area contributed by atoms with Gasteiger partial charge >= 0.3 is 0 Å². The molecule has 1 amide bonds. The van der Waals surface area contributed by atoms with Crippen LogP contribution in [0.15, 0.2) is 24.3 Å². The zero-order chi connectivity index (χ0) is 14.3. The van der Waals surface area contributed by atoms with Gasteiger partial charge in [-0.15, -0.1) is 0 Å². The van der Waals surface area contributed by atoms with E-state index in [0.717, 1.165) is 11.3 Å². The molecule has 4 heteroatoms. The minimum atomic E-state index is 0.0142. The molecule has 0 spiro atoms. The summed E-state index contributed by atoms with van der Waals surface area (Å²) in [5.41, 5.74) is 1.85. The molecule has 0 unspecified atom stereocenters. The van der Waals surface area contributed by atoms with Crippen molar-refractivity contribution < 1.29 is 9.53 Å². The van der Waals surface area contributed by atoms with Crippen molar-refractivity contribution in [3.05, 3.63) is 29.8 Å². The third kappa shape index (κ3) is 6.36. The highest BCUT2D eigenvalue weighted by Crippen LogP contribution is 2.15. The first-order valence-corrected chi connectivity index (χ1v) is 6.54. The molecule has 0 aliphatic rings. The van der Waals surface area contributed by atoms with Gasteiger partial charge in [0.05, 0.1) is 6.61 Å². The van der Waals surface area contributed by atoms with E-state index in [0.29, 0.717) is 19.6 Å². The molecule has 0 aliphatic heterocycles. The topological polar surface area (TPSA) is 50.4 Å². The Morgan fingerprint density at radius 3 is 2.58 bits per heavy atom. The molecule has 2 N–H and O–H groups in total. The maximum absolute atomic E-state index is 11.9. The van der Waals surface area contributed by atoms with Crippen LogP contribution in [0.1, 0.15) is 32.8 Å². The summed E-state index contributed by atoms with van der Waals surface area (Å²) in [5, 5.41) is 6.22. The van der Waals surface area contributed by atoms with Gasteiger partial charge in [-0.2, -0.15) is 0 Å². The number of nitrogens with one attached hydrogen (secondary N) is 2. The molecule has 4 nitrogen and oxygen atoms in total. The molecule has 1 rings (SSSR count). The van der Waals surface area contributed by atoms with Crippen molar-refractivity contribution in [2.75, 3.05) is 19.0 Å². The predicted molar refractivity (Wildman–Crippen MR) is 78.2 cm³/mol. The predicted octanol–water partition coefficient (Wildman–Crippen LogP) is 2.55. The zero-order valence-corrected chi connectivity index (χ0v) is 12.2. The number of rotatable bonds is 6. The van der Waals surface area contributed by atoms with Gasteiger partial charge in [0.1, 0.15) is 0 Å². The molecule has 0 saturated heterocycles. The molecule has 19 heavy (non-hydrogen) atoms. The Bertz CT molecular complexity index is 411. The standard InChI is InChI=1S/C15H24N2O2/c1-15(2,3)16-10-9-14(18)17-13-8-6-5-7-12(13)11-19-4/h5-8,16H,9-11H2,1-4H3,(H,17,18). The van der Waals surface area contributed by atoms with Crippen LogP contribution < -0.4 is 10.6 Å². The molecule has 0 atom stereocenters. The third-order valence-electron chi connectivity index (χ3n) is 2.60. The van der Waals surface area contributed by atoms with E-state index in [4.69, 9.17) is 4.74 Å². The highest BCUT2D eigenvalue weighted by molar-refractivity contribution is 5.91. The number of anilines is 1. The number of ether oxygens (including phenoxy) is 1. The van der Waals surface area contributed by atoms with Crippen molar-refractivity contribution in [1.82, 2.24) is 5.32 Å². The molecule has 0 fully saturated rings. The highest BCUT2D eigenvalue weighted by Gasteiger charge is 2.10. The Morgan fingerprint density at radius 1 is 1.26 bits per heavy atom. The van der Waals surface area contributed by atoms with Gasteiger partial charge in [-0.1, -0.05) is 18.2 Å². The minimum Gasteiger partial charge on any atom is -0.380 e. The number of hydrogen-bond donors (Lipinski definition) is 2. The fourth-order valence-corrected chi connectivity index (χ4v) is 1.69. The molecule has 106 valence electrons. The number of hydrogen-bond acceptors (Lipinski definition) is 3. The SMILES string of the molecule is COCc1ccccc1NC(=O)CCNC(C)(C)C. The van der Waals surface area contributed by atoms with E-state index < -0.39 is 0 Å². The lowest BCUT2D eigenvalue weighted by Crippen LogP contribution is -2.37. The van der Waals surface area contributed by atoms with Crippen molar-refractivity contribution in [3.8, 4) is 0 Å². The van der Waals surface area contributed by atoms with Crippen LogP contribution in [-0.4, -0.2) is 25.1 Å². The largest absolute Gasteiger partial charge is 0.380 e. The fraction of sp³-hybridized carbons (Fsp3) is 0.533. The fourth-order valence-electron chi connectivity index (χ4n) is 1.69. The maximum Gasteiger partial charge on any atom is 0.225 e. The molecule has 0 aromatic heterocycles. The average Bonchev–Trinajstić information content (AvgIpc) is 2.30. The van der Waals surface area contributed by atoms with Gasteiger partial charge in [0.15, 0.2) is 0 Å². The molecular formula is C15H24N2O2. The van der Waals surface area contributed by atoms with Gasteiger partial charge < -0.3 is 15.4 Å². The number of carbonyl (C=O) groups is 1. The minimum absolute atomic E-state index is 0.0142. The number of amides is 1. The Hall–Kier alpha value is -1.39. The zero-order valence-electron chi connectivity index (χ0n) is 12.2. The summed E-state index contributed by atoms with van der Waals surface area (Å²) in [6, 6.07) is 7.68. The Kier molecular flexibility index (Phi) is 5.99. The molecule has 0 bridgehead atoms. The number of benzene rings is 1. The van der Waals surface area contributed by atoms with Gasteiger partial charge in [0.25, 0.3) is 0 Å². The normalized spacial score (nSPS) is 11.4. The second kappa shape index (κ2) is 7.26. The lowest BCUT2D eigenvalue weighted by atomic mass is 10.1. The summed E-state index contributed by atoms with van der Waals surface area (Å²) in [6.07, 6.45) is 0.457. The summed E-state index contributed by atoms with van der Waals surface area (Å²) >= 11 is 0. The first-order chi connectivity index (χ1) is 8.92. The molecule has 1 aromatic carbocycles. The van der Waals surface area contributed by atoms with Crippen LogP contribution in [0.25, 0.3) is 0 Å². The summed E-state index contributed by atoms with van der Waals surface area (Å²) in [6.45, 7) is 7.41.